The van der Waals surface area contributed by atoms with Gasteiger partial charge in [0.2, 0.25) is 0 Å². The molecule has 0 aliphatic rings. The second kappa shape index (κ2) is 8.98. The molecular formula is C18H23BrF2NO5PS. The van der Waals surface area contributed by atoms with E-state index in [2.05, 4.69) is 21.2 Å². The van der Waals surface area contributed by atoms with E-state index in [1.54, 1.807) is 39.0 Å². The van der Waals surface area contributed by atoms with Crippen LogP contribution in [0.5, 0.6) is 0 Å². The normalized spacial score (nSPS) is 13.0. The van der Waals surface area contributed by atoms with Gasteiger partial charge in [0, 0.05) is 9.86 Å². The van der Waals surface area contributed by atoms with Crippen LogP contribution in [0.1, 0.15) is 39.5 Å². The van der Waals surface area contributed by atoms with E-state index < -0.39 is 29.8 Å². The molecule has 0 fully saturated rings. The number of rotatable bonds is 7. The van der Waals surface area contributed by atoms with Gasteiger partial charge in [0.15, 0.2) is 0 Å². The summed E-state index contributed by atoms with van der Waals surface area (Å²) in [5.41, 5.74) is -4.30. The molecule has 0 aliphatic heterocycles. The quantitative estimate of drug-likeness (QED) is 0.392. The smallest absolute Gasteiger partial charge is 0.412 e. The molecule has 1 amide bonds. The summed E-state index contributed by atoms with van der Waals surface area (Å²) in [5, 5.41) is 3.00. The summed E-state index contributed by atoms with van der Waals surface area (Å²) in [6.45, 7) is 7.68. The molecule has 11 heteroatoms. The number of hydrogen-bond donors (Lipinski definition) is 1. The predicted octanol–water partition coefficient (Wildman–Crippen LogP) is 7.33. The van der Waals surface area contributed by atoms with Crippen molar-refractivity contribution in [3.63, 3.8) is 0 Å². The van der Waals surface area contributed by atoms with E-state index in [1.807, 2.05) is 0 Å². The standard InChI is InChI=1S/C18H23BrF2NO5PS/c1-6-25-28(24,26-7-2)18(20,21)15-13(19)11-9-8-10-12(14(11)29-15)22-16(23)27-17(3,4)5/h8-10H,6-7H2,1-5H3,(H,22,23). The SMILES string of the molecule is CCOP(=O)(OCC)C(F)(F)c1sc2c(NC(=O)OC(C)(C)C)cccc2c1Br. The number of ether oxygens (including phenoxy) is 1. The minimum Gasteiger partial charge on any atom is -0.444 e. The van der Waals surface area contributed by atoms with Crippen molar-refractivity contribution in [2.45, 2.75) is 45.9 Å². The number of thiophene rings is 1. The average molecular weight is 514 g/mol. The van der Waals surface area contributed by atoms with Crippen LogP contribution in [0.4, 0.5) is 19.3 Å². The molecule has 0 unspecified atom stereocenters. The van der Waals surface area contributed by atoms with E-state index >= 15 is 8.78 Å². The van der Waals surface area contributed by atoms with Crippen molar-refractivity contribution in [3.05, 3.63) is 27.5 Å². The van der Waals surface area contributed by atoms with E-state index in [4.69, 9.17) is 13.8 Å². The van der Waals surface area contributed by atoms with Gasteiger partial charge in [-0.15, -0.1) is 11.3 Å². The Balaban J connectivity index is 2.53. The Bertz CT molecular complexity index is 934. The highest BCUT2D eigenvalue weighted by atomic mass is 79.9. The molecule has 0 atom stereocenters. The number of alkyl halides is 2. The Labute approximate surface area is 180 Å². The van der Waals surface area contributed by atoms with Crippen LogP contribution in [-0.4, -0.2) is 24.9 Å². The van der Waals surface area contributed by atoms with Crippen LogP contribution in [0, 0.1) is 0 Å². The molecule has 2 aromatic rings. The zero-order chi connectivity index (χ0) is 22.0. The Morgan fingerprint density at radius 3 is 2.31 bits per heavy atom. The average Bonchev–Trinajstić information content (AvgIpc) is 2.92. The first-order valence-corrected chi connectivity index (χ1v) is 12.0. The zero-order valence-electron chi connectivity index (χ0n) is 16.7. The van der Waals surface area contributed by atoms with Crippen molar-refractivity contribution in [2.24, 2.45) is 0 Å². The third-order valence-corrected chi connectivity index (χ3v) is 8.16. The van der Waals surface area contributed by atoms with Crippen LogP contribution in [0.3, 0.4) is 0 Å². The van der Waals surface area contributed by atoms with Gasteiger partial charge in [0.25, 0.3) is 0 Å². The zero-order valence-corrected chi connectivity index (χ0v) is 20.0. The molecule has 162 valence electrons. The molecule has 0 bridgehead atoms. The third-order valence-electron chi connectivity index (χ3n) is 3.51. The molecule has 2 rings (SSSR count). The number of nitrogens with one attached hydrogen (secondary N) is 1. The van der Waals surface area contributed by atoms with Gasteiger partial charge in [-0.1, -0.05) is 12.1 Å². The van der Waals surface area contributed by atoms with Crippen molar-refractivity contribution in [1.29, 1.82) is 0 Å². The number of carbonyl (C=O) groups excluding carboxylic acids is 1. The van der Waals surface area contributed by atoms with Crippen LogP contribution < -0.4 is 5.32 Å². The minimum absolute atomic E-state index is 0.0648. The molecule has 1 aromatic heterocycles. The molecule has 1 heterocycles. The maximum absolute atomic E-state index is 15.2. The monoisotopic (exact) mass is 513 g/mol. The Morgan fingerprint density at radius 2 is 1.79 bits per heavy atom. The largest absolute Gasteiger partial charge is 0.444 e. The first kappa shape index (κ1) is 24.2. The molecular weight excluding hydrogens is 491 g/mol. The van der Waals surface area contributed by atoms with E-state index in [0.717, 1.165) is 0 Å². The Kier molecular flexibility index (Phi) is 7.49. The number of fused-ring (bicyclic) bond motifs is 1. The number of carbonyl (C=O) groups is 1. The lowest BCUT2D eigenvalue weighted by Gasteiger charge is -2.25. The molecule has 0 saturated carbocycles. The van der Waals surface area contributed by atoms with Gasteiger partial charge in [-0.25, -0.2) is 4.79 Å². The van der Waals surface area contributed by atoms with Crippen molar-refractivity contribution < 1.29 is 31.9 Å². The summed E-state index contributed by atoms with van der Waals surface area (Å²) in [6.07, 6.45) is -0.711. The maximum atomic E-state index is 15.2. The number of halogens is 3. The Morgan fingerprint density at radius 1 is 1.21 bits per heavy atom. The van der Waals surface area contributed by atoms with Gasteiger partial charge in [-0.3, -0.25) is 9.88 Å². The highest BCUT2D eigenvalue weighted by Crippen LogP contribution is 2.69. The van der Waals surface area contributed by atoms with Crippen LogP contribution in [-0.2, 0) is 24.0 Å². The van der Waals surface area contributed by atoms with Crippen LogP contribution >= 0.6 is 34.9 Å². The molecule has 1 aromatic carbocycles. The fraction of sp³-hybridized carbons (Fsp3) is 0.500. The lowest BCUT2D eigenvalue weighted by atomic mass is 10.2. The fourth-order valence-corrected chi connectivity index (χ4v) is 6.51. The topological polar surface area (TPSA) is 73.9 Å². The summed E-state index contributed by atoms with van der Waals surface area (Å²) in [7, 11) is -4.76. The first-order valence-electron chi connectivity index (χ1n) is 8.84. The lowest BCUT2D eigenvalue weighted by Crippen LogP contribution is -2.27. The number of anilines is 1. The van der Waals surface area contributed by atoms with Crippen molar-refractivity contribution in [1.82, 2.24) is 0 Å². The van der Waals surface area contributed by atoms with E-state index in [0.29, 0.717) is 27.1 Å². The van der Waals surface area contributed by atoms with Crippen LogP contribution in [0.2, 0.25) is 0 Å². The summed E-state index contributed by atoms with van der Waals surface area (Å²) >= 11 is 3.88. The predicted molar refractivity (Wildman–Crippen MR) is 114 cm³/mol. The highest BCUT2D eigenvalue weighted by molar-refractivity contribution is 9.10. The lowest BCUT2D eigenvalue weighted by molar-refractivity contribution is 0.0387. The summed E-state index contributed by atoms with van der Waals surface area (Å²) in [4.78, 5) is 11.6. The highest BCUT2D eigenvalue weighted by Gasteiger charge is 2.57. The number of benzene rings is 1. The summed E-state index contributed by atoms with van der Waals surface area (Å²) in [5.74, 6) is 0. The second-order valence-electron chi connectivity index (χ2n) is 6.93. The number of hydrogen-bond acceptors (Lipinski definition) is 6. The molecule has 0 spiro atoms. The van der Waals surface area contributed by atoms with E-state index in [-0.39, 0.29) is 17.7 Å². The fourth-order valence-electron chi connectivity index (χ4n) is 2.46. The molecule has 0 aliphatic carbocycles. The summed E-state index contributed by atoms with van der Waals surface area (Å²) in [6, 6.07) is 4.79. The Hall–Kier alpha value is -1.06. The van der Waals surface area contributed by atoms with E-state index in [1.165, 1.54) is 13.8 Å². The second-order valence-corrected chi connectivity index (χ2v) is 10.8. The van der Waals surface area contributed by atoms with Crippen molar-refractivity contribution >= 4 is 56.7 Å². The van der Waals surface area contributed by atoms with Crippen molar-refractivity contribution in [2.75, 3.05) is 18.5 Å². The van der Waals surface area contributed by atoms with Crippen LogP contribution in [0.25, 0.3) is 10.1 Å². The van der Waals surface area contributed by atoms with Crippen molar-refractivity contribution in [3.8, 4) is 0 Å². The first-order chi connectivity index (χ1) is 13.4. The third kappa shape index (κ3) is 5.17. The van der Waals surface area contributed by atoms with Gasteiger partial charge >= 0.3 is 19.4 Å². The maximum Gasteiger partial charge on any atom is 0.412 e. The van der Waals surface area contributed by atoms with Gasteiger partial charge in [0.05, 0.1) is 23.6 Å². The molecule has 0 radical (unpaired) electrons. The number of amides is 1. The van der Waals surface area contributed by atoms with Crippen LogP contribution in [0.15, 0.2) is 22.7 Å². The molecule has 1 N–H and O–H groups in total. The molecule has 29 heavy (non-hydrogen) atoms. The summed E-state index contributed by atoms with van der Waals surface area (Å²) < 4.78 is 58.7. The van der Waals surface area contributed by atoms with Gasteiger partial charge in [-0.2, -0.15) is 8.78 Å². The van der Waals surface area contributed by atoms with Gasteiger partial charge in [0.1, 0.15) is 10.5 Å². The van der Waals surface area contributed by atoms with E-state index in [9.17, 15) is 9.36 Å². The van der Waals surface area contributed by atoms with Gasteiger partial charge in [-0.05, 0) is 56.6 Å². The molecule has 6 nitrogen and oxygen atoms in total. The minimum atomic E-state index is -4.76. The molecule has 0 saturated heterocycles. The van der Waals surface area contributed by atoms with Gasteiger partial charge < -0.3 is 13.8 Å².